The molecular formula is C19H30ClNO3. The number of hydrogen-bond donors (Lipinski definition) is 1. The van der Waals surface area contributed by atoms with Gasteiger partial charge in [0, 0.05) is 31.2 Å². The third kappa shape index (κ3) is 4.29. The number of ether oxygens (including phenoxy) is 1. The molecule has 4 nitrogen and oxygen atoms in total. The quantitative estimate of drug-likeness (QED) is 0.728. The fourth-order valence-electron chi connectivity index (χ4n) is 3.49. The van der Waals surface area contributed by atoms with Gasteiger partial charge in [-0.3, -0.25) is 9.69 Å². The molecule has 0 spiro atoms. The molecule has 0 unspecified atom stereocenters. The molecule has 1 N–H and O–H groups in total. The standard InChI is InChI=1S/C19H29NO3.ClH/c1-14(2)20(15(3)4)10-11-23-18(22)19(12-17(19)13-21)16-8-6-5-7-9-16;/h5-9,14-15,17,21H,10-13H2,1-4H3;1H/t17-,19-;/m0./s1. The van der Waals surface area contributed by atoms with Gasteiger partial charge in [-0.15, -0.1) is 12.4 Å². The summed E-state index contributed by atoms with van der Waals surface area (Å²) in [5, 5.41) is 9.50. The number of hydrogen-bond acceptors (Lipinski definition) is 4. The fourth-order valence-corrected chi connectivity index (χ4v) is 3.49. The minimum absolute atomic E-state index is 0. The normalized spacial score (nSPS) is 22.6. The summed E-state index contributed by atoms with van der Waals surface area (Å²) in [7, 11) is 0. The summed E-state index contributed by atoms with van der Waals surface area (Å²) in [5.41, 5.74) is 0.310. The third-order valence-corrected chi connectivity index (χ3v) is 4.89. The predicted octanol–water partition coefficient (Wildman–Crippen LogP) is 3.02. The Morgan fingerprint density at radius 3 is 2.29 bits per heavy atom. The average molecular weight is 356 g/mol. The number of esters is 1. The summed E-state index contributed by atoms with van der Waals surface area (Å²) < 4.78 is 5.59. The molecule has 5 heteroatoms. The highest BCUT2D eigenvalue weighted by atomic mass is 35.5. The van der Waals surface area contributed by atoms with E-state index in [9.17, 15) is 9.90 Å². The monoisotopic (exact) mass is 355 g/mol. The van der Waals surface area contributed by atoms with Crippen LogP contribution in [0.5, 0.6) is 0 Å². The van der Waals surface area contributed by atoms with Crippen LogP contribution in [-0.2, 0) is 14.9 Å². The molecule has 2 rings (SSSR count). The largest absolute Gasteiger partial charge is 0.464 e. The Morgan fingerprint density at radius 2 is 1.83 bits per heavy atom. The number of carbonyl (C=O) groups excluding carboxylic acids is 1. The van der Waals surface area contributed by atoms with Gasteiger partial charge in [0.1, 0.15) is 6.61 Å². The summed E-state index contributed by atoms with van der Waals surface area (Å²) in [6.45, 7) is 9.74. The lowest BCUT2D eigenvalue weighted by atomic mass is 9.93. The smallest absolute Gasteiger partial charge is 0.316 e. The van der Waals surface area contributed by atoms with Crippen LogP contribution < -0.4 is 0 Å². The van der Waals surface area contributed by atoms with Gasteiger partial charge >= 0.3 is 5.97 Å². The van der Waals surface area contributed by atoms with Gasteiger partial charge in [-0.1, -0.05) is 30.3 Å². The van der Waals surface area contributed by atoms with Crippen molar-refractivity contribution in [2.24, 2.45) is 5.92 Å². The van der Waals surface area contributed by atoms with Crippen molar-refractivity contribution in [1.29, 1.82) is 0 Å². The number of halogens is 1. The lowest BCUT2D eigenvalue weighted by Gasteiger charge is -2.30. The van der Waals surface area contributed by atoms with E-state index in [1.807, 2.05) is 30.3 Å². The summed E-state index contributed by atoms with van der Waals surface area (Å²) >= 11 is 0. The first kappa shape index (κ1) is 20.9. The number of aliphatic hydroxyl groups excluding tert-OH is 1. The van der Waals surface area contributed by atoms with Crippen molar-refractivity contribution >= 4 is 18.4 Å². The van der Waals surface area contributed by atoms with Crippen LogP contribution in [0.1, 0.15) is 39.7 Å². The Hall–Kier alpha value is -1.10. The molecular weight excluding hydrogens is 326 g/mol. The van der Waals surface area contributed by atoms with Crippen LogP contribution in [0.3, 0.4) is 0 Å². The van der Waals surface area contributed by atoms with Gasteiger partial charge in [-0.05, 0) is 39.7 Å². The van der Waals surface area contributed by atoms with E-state index in [0.29, 0.717) is 25.1 Å². The zero-order chi connectivity index (χ0) is 17.0. The molecule has 136 valence electrons. The molecule has 0 amide bonds. The average Bonchev–Trinajstić information content (AvgIpc) is 3.27. The lowest BCUT2D eigenvalue weighted by molar-refractivity contribution is -0.148. The maximum atomic E-state index is 12.7. The van der Waals surface area contributed by atoms with Crippen molar-refractivity contribution in [2.75, 3.05) is 19.8 Å². The number of carbonyl (C=O) groups is 1. The topological polar surface area (TPSA) is 49.8 Å². The molecule has 1 aromatic rings. The van der Waals surface area contributed by atoms with Crippen LogP contribution in [0.15, 0.2) is 30.3 Å². The number of nitrogens with zero attached hydrogens (tertiary/aromatic N) is 1. The molecule has 1 saturated carbocycles. The predicted molar refractivity (Wildman–Crippen MR) is 98.5 cm³/mol. The lowest BCUT2D eigenvalue weighted by Crippen LogP contribution is -2.40. The number of benzene rings is 1. The van der Waals surface area contributed by atoms with Crippen molar-refractivity contribution in [1.82, 2.24) is 4.90 Å². The number of rotatable bonds is 8. The zero-order valence-corrected chi connectivity index (χ0v) is 15.9. The van der Waals surface area contributed by atoms with Crippen LogP contribution in [-0.4, -0.2) is 47.8 Å². The molecule has 0 saturated heterocycles. The summed E-state index contributed by atoms with van der Waals surface area (Å²) in [5.74, 6) is -0.223. The number of aliphatic hydroxyl groups is 1. The van der Waals surface area contributed by atoms with Crippen LogP contribution in [0.25, 0.3) is 0 Å². The Labute approximate surface area is 151 Å². The molecule has 24 heavy (non-hydrogen) atoms. The highest BCUT2D eigenvalue weighted by Gasteiger charge is 2.61. The Kier molecular flexibility index (Phi) is 7.71. The van der Waals surface area contributed by atoms with Gasteiger partial charge in [0.05, 0.1) is 5.41 Å². The van der Waals surface area contributed by atoms with E-state index in [1.165, 1.54) is 0 Å². The van der Waals surface area contributed by atoms with Crippen molar-refractivity contribution < 1.29 is 14.6 Å². The van der Waals surface area contributed by atoms with Crippen molar-refractivity contribution in [3.05, 3.63) is 35.9 Å². The van der Waals surface area contributed by atoms with E-state index in [2.05, 4.69) is 32.6 Å². The highest BCUT2D eigenvalue weighted by molar-refractivity contribution is 5.87. The molecule has 1 aromatic carbocycles. The van der Waals surface area contributed by atoms with Gasteiger partial charge in [0.15, 0.2) is 0 Å². The molecule has 0 aromatic heterocycles. The Bertz CT molecular complexity index is 513. The molecule has 0 bridgehead atoms. The maximum absolute atomic E-state index is 12.7. The second-order valence-electron chi connectivity index (χ2n) is 6.98. The van der Waals surface area contributed by atoms with E-state index in [-0.39, 0.29) is 30.9 Å². The highest BCUT2D eigenvalue weighted by Crippen LogP contribution is 2.54. The van der Waals surface area contributed by atoms with Crippen LogP contribution in [0.2, 0.25) is 0 Å². The summed E-state index contributed by atoms with van der Waals surface area (Å²) in [4.78, 5) is 15.0. The van der Waals surface area contributed by atoms with Gasteiger partial charge in [-0.2, -0.15) is 0 Å². The van der Waals surface area contributed by atoms with Crippen LogP contribution in [0.4, 0.5) is 0 Å². The molecule has 1 fully saturated rings. The first-order valence-electron chi connectivity index (χ1n) is 8.52. The summed E-state index contributed by atoms with van der Waals surface area (Å²) in [6.07, 6.45) is 0.671. The van der Waals surface area contributed by atoms with Gasteiger partial charge in [-0.25, -0.2) is 0 Å². The van der Waals surface area contributed by atoms with Gasteiger partial charge in [0.2, 0.25) is 0 Å². The SMILES string of the molecule is CC(C)N(CCOC(=O)[C@]1(c2ccccc2)C[C@H]1CO)C(C)C.Cl. The molecule has 0 aliphatic heterocycles. The molecule has 0 radical (unpaired) electrons. The molecule has 1 aliphatic rings. The zero-order valence-electron chi connectivity index (χ0n) is 15.1. The Balaban J connectivity index is 0.00000288. The van der Waals surface area contributed by atoms with E-state index in [0.717, 1.165) is 12.1 Å². The van der Waals surface area contributed by atoms with Crippen LogP contribution in [0, 0.1) is 5.92 Å². The van der Waals surface area contributed by atoms with Gasteiger partial charge < -0.3 is 9.84 Å². The second-order valence-corrected chi connectivity index (χ2v) is 6.98. The molecule has 2 atom stereocenters. The van der Waals surface area contributed by atoms with Crippen molar-refractivity contribution in [3.8, 4) is 0 Å². The Morgan fingerprint density at radius 1 is 1.25 bits per heavy atom. The van der Waals surface area contributed by atoms with Crippen molar-refractivity contribution in [3.63, 3.8) is 0 Å². The van der Waals surface area contributed by atoms with Crippen molar-refractivity contribution in [2.45, 2.75) is 51.6 Å². The van der Waals surface area contributed by atoms with E-state index in [4.69, 9.17) is 4.74 Å². The third-order valence-electron chi connectivity index (χ3n) is 4.89. The maximum Gasteiger partial charge on any atom is 0.316 e. The van der Waals surface area contributed by atoms with E-state index >= 15 is 0 Å². The summed E-state index contributed by atoms with van der Waals surface area (Å²) in [6, 6.07) is 10.5. The van der Waals surface area contributed by atoms with E-state index < -0.39 is 5.41 Å². The van der Waals surface area contributed by atoms with Crippen LogP contribution >= 0.6 is 12.4 Å². The minimum atomic E-state index is -0.642. The minimum Gasteiger partial charge on any atom is -0.464 e. The molecule has 0 heterocycles. The van der Waals surface area contributed by atoms with E-state index in [1.54, 1.807) is 0 Å². The molecule has 1 aliphatic carbocycles. The first-order chi connectivity index (χ1) is 10.9. The first-order valence-corrected chi connectivity index (χ1v) is 8.52. The fraction of sp³-hybridized carbons (Fsp3) is 0.632. The van der Waals surface area contributed by atoms with Gasteiger partial charge in [0.25, 0.3) is 0 Å². The second kappa shape index (κ2) is 8.84.